The first-order chi connectivity index (χ1) is 9.62. The van der Waals surface area contributed by atoms with E-state index in [-0.39, 0.29) is 6.61 Å². The topological polar surface area (TPSA) is 76.0 Å². The molecule has 0 aliphatic rings. The molecule has 0 amide bonds. The maximum Gasteiger partial charge on any atom is 0.344 e. The lowest BCUT2D eigenvalue weighted by molar-refractivity contribution is -0.145. The molecule has 2 N–H and O–H groups in total. The third-order valence-electron chi connectivity index (χ3n) is 2.78. The summed E-state index contributed by atoms with van der Waals surface area (Å²) in [6.45, 7) is 4.27. The van der Waals surface area contributed by atoms with E-state index < -0.39 is 12.1 Å². The maximum absolute atomic E-state index is 11.1. The maximum atomic E-state index is 11.1. The van der Waals surface area contributed by atoms with Gasteiger partial charge >= 0.3 is 5.97 Å². The summed E-state index contributed by atoms with van der Waals surface area (Å²) >= 11 is 0. The van der Waals surface area contributed by atoms with E-state index in [0.717, 1.165) is 6.42 Å². The highest BCUT2D eigenvalue weighted by Gasteiger charge is 2.20. The van der Waals surface area contributed by atoms with Crippen LogP contribution in [0.2, 0.25) is 0 Å². The van der Waals surface area contributed by atoms with Gasteiger partial charge in [-0.25, -0.2) is 4.79 Å². The summed E-state index contributed by atoms with van der Waals surface area (Å²) in [6.07, 6.45) is 1.09. The van der Waals surface area contributed by atoms with Gasteiger partial charge in [-0.2, -0.15) is 0 Å². The van der Waals surface area contributed by atoms with Crippen LogP contribution in [0.25, 0.3) is 0 Å². The second kappa shape index (κ2) is 8.43. The Labute approximate surface area is 119 Å². The molecular formula is C15H22O5. The number of aliphatic hydroxyl groups excluding tert-OH is 1. The highest BCUT2D eigenvalue weighted by Crippen LogP contribution is 2.27. The molecule has 5 heteroatoms. The number of hydrogen-bond acceptors (Lipinski definition) is 4. The van der Waals surface area contributed by atoms with E-state index in [1.54, 1.807) is 18.2 Å². The molecule has 1 atom stereocenters. The summed E-state index contributed by atoms with van der Waals surface area (Å²) in [5, 5.41) is 18.4. The van der Waals surface area contributed by atoms with Gasteiger partial charge in [0, 0.05) is 11.6 Å². The lowest BCUT2D eigenvalue weighted by atomic mass is 10.1. The van der Waals surface area contributed by atoms with Gasteiger partial charge in [0.25, 0.3) is 0 Å². The second-order valence-electron chi connectivity index (χ2n) is 4.51. The van der Waals surface area contributed by atoms with Gasteiger partial charge in [0.1, 0.15) is 11.5 Å². The first kappa shape index (κ1) is 16.3. The van der Waals surface area contributed by atoms with Crippen molar-refractivity contribution in [3.05, 3.63) is 23.8 Å². The summed E-state index contributed by atoms with van der Waals surface area (Å²) in [6, 6.07) is 5.06. The van der Waals surface area contributed by atoms with E-state index in [0.29, 0.717) is 36.5 Å². The average molecular weight is 282 g/mol. The molecule has 0 aromatic heterocycles. The molecule has 112 valence electrons. The van der Waals surface area contributed by atoms with Gasteiger partial charge < -0.3 is 19.7 Å². The zero-order valence-electron chi connectivity index (χ0n) is 12.0. The third-order valence-corrected chi connectivity index (χ3v) is 2.78. The van der Waals surface area contributed by atoms with Crippen LogP contribution < -0.4 is 9.47 Å². The molecule has 0 saturated carbocycles. The van der Waals surface area contributed by atoms with Crippen LogP contribution in [0.15, 0.2) is 18.2 Å². The van der Waals surface area contributed by atoms with Crippen molar-refractivity contribution in [2.45, 2.75) is 45.8 Å². The first-order valence-corrected chi connectivity index (χ1v) is 6.88. The van der Waals surface area contributed by atoms with Gasteiger partial charge in [-0.15, -0.1) is 0 Å². The van der Waals surface area contributed by atoms with Crippen molar-refractivity contribution in [3.63, 3.8) is 0 Å². The van der Waals surface area contributed by atoms with Crippen molar-refractivity contribution in [1.82, 2.24) is 0 Å². The monoisotopic (exact) mass is 282 g/mol. The molecule has 0 bridgehead atoms. The summed E-state index contributed by atoms with van der Waals surface area (Å²) in [7, 11) is 0. The fourth-order valence-corrected chi connectivity index (χ4v) is 1.73. The lowest BCUT2D eigenvalue weighted by Crippen LogP contribution is -2.27. The third kappa shape index (κ3) is 4.74. The van der Waals surface area contributed by atoms with Crippen LogP contribution in [-0.2, 0) is 11.4 Å². The Morgan fingerprint density at radius 1 is 1.30 bits per heavy atom. The van der Waals surface area contributed by atoms with E-state index in [4.69, 9.17) is 14.6 Å². The quantitative estimate of drug-likeness (QED) is 0.728. The van der Waals surface area contributed by atoms with Crippen LogP contribution >= 0.6 is 0 Å². The number of aliphatic hydroxyl groups is 1. The van der Waals surface area contributed by atoms with Crippen molar-refractivity contribution in [2.75, 3.05) is 6.61 Å². The molecule has 5 nitrogen and oxygen atoms in total. The van der Waals surface area contributed by atoms with Crippen LogP contribution in [0.5, 0.6) is 11.5 Å². The molecule has 1 rings (SSSR count). The molecule has 1 aromatic rings. The highest BCUT2D eigenvalue weighted by atomic mass is 16.5. The minimum absolute atomic E-state index is 0.206. The smallest absolute Gasteiger partial charge is 0.344 e. The van der Waals surface area contributed by atoms with Gasteiger partial charge in [0.15, 0.2) is 6.10 Å². The van der Waals surface area contributed by atoms with Crippen molar-refractivity contribution >= 4 is 5.97 Å². The molecule has 1 unspecified atom stereocenters. The second-order valence-corrected chi connectivity index (χ2v) is 4.51. The zero-order chi connectivity index (χ0) is 15.0. The predicted octanol–water partition coefficient (Wildman–Crippen LogP) is 2.60. The average Bonchev–Trinajstić information content (AvgIpc) is 2.44. The van der Waals surface area contributed by atoms with Crippen LogP contribution in [0.4, 0.5) is 0 Å². The van der Waals surface area contributed by atoms with Crippen LogP contribution in [0, 0.1) is 0 Å². The Balaban J connectivity index is 2.91. The number of carbonyl (C=O) groups is 1. The normalized spacial score (nSPS) is 11.9. The Bertz CT molecular complexity index is 430. The number of benzene rings is 1. The lowest BCUT2D eigenvalue weighted by Gasteiger charge is -2.17. The highest BCUT2D eigenvalue weighted by molar-refractivity contribution is 5.72. The summed E-state index contributed by atoms with van der Waals surface area (Å²) < 4.78 is 11.0. The number of carboxylic acid groups (broad SMARTS) is 1. The number of rotatable bonds is 9. The summed E-state index contributed by atoms with van der Waals surface area (Å²) in [5.74, 6) is -0.0303. The van der Waals surface area contributed by atoms with E-state index in [9.17, 15) is 9.90 Å². The molecule has 1 aromatic carbocycles. The van der Waals surface area contributed by atoms with Crippen molar-refractivity contribution in [2.24, 2.45) is 0 Å². The number of carboxylic acids is 1. The first-order valence-electron chi connectivity index (χ1n) is 6.88. The molecule has 0 aliphatic heterocycles. The van der Waals surface area contributed by atoms with Gasteiger partial charge in [0.05, 0.1) is 13.2 Å². The molecule has 0 spiro atoms. The van der Waals surface area contributed by atoms with E-state index >= 15 is 0 Å². The Morgan fingerprint density at radius 3 is 2.60 bits per heavy atom. The summed E-state index contributed by atoms with van der Waals surface area (Å²) in [5.41, 5.74) is 0.552. The summed E-state index contributed by atoms with van der Waals surface area (Å²) in [4.78, 5) is 11.1. The van der Waals surface area contributed by atoms with Gasteiger partial charge in [-0.3, -0.25) is 0 Å². The fraction of sp³-hybridized carbons (Fsp3) is 0.533. The number of hydrogen-bond donors (Lipinski definition) is 2. The SMILES string of the molecule is CCCOc1ccc(CO)c(OC(CCC)C(=O)O)c1. The molecule has 0 saturated heterocycles. The van der Waals surface area contributed by atoms with Crippen LogP contribution in [0.3, 0.4) is 0 Å². The van der Waals surface area contributed by atoms with Gasteiger partial charge in [0.2, 0.25) is 0 Å². The van der Waals surface area contributed by atoms with E-state index in [1.807, 2.05) is 13.8 Å². The van der Waals surface area contributed by atoms with Crippen LogP contribution in [-0.4, -0.2) is 28.9 Å². The van der Waals surface area contributed by atoms with Gasteiger partial charge in [-0.1, -0.05) is 20.3 Å². The minimum atomic E-state index is -1.00. The van der Waals surface area contributed by atoms with Crippen molar-refractivity contribution < 1.29 is 24.5 Å². The van der Waals surface area contributed by atoms with E-state index in [2.05, 4.69) is 0 Å². The van der Waals surface area contributed by atoms with Crippen molar-refractivity contribution in [3.8, 4) is 11.5 Å². The molecular weight excluding hydrogens is 260 g/mol. The Morgan fingerprint density at radius 2 is 2.05 bits per heavy atom. The van der Waals surface area contributed by atoms with E-state index in [1.165, 1.54) is 0 Å². The fourth-order valence-electron chi connectivity index (χ4n) is 1.73. The predicted molar refractivity (Wildman–Crippen MR) is 75.1 cm³/mol. The number of aliphatic carboxylic acids is 1. The molecule has 0 radical (unpaired) electrons. The number of ether oxygens (including phenoxy) is 2. The van der Waals surface area contributed by atoms with Gasteiger partial charge in [-0.05, 0) is 25.0 Å². The Kier molecular flexibility index (Phi) is 6.87. The molecule has 0 heterocycles. The Hall–Kier alpha value is -1.75. The minimum Gasteiger partial charge on any atom is -0.493 e. The van der Waals surface area contributed by atoms with Crippen LogP contribution in [0.1, 0.15) is 38.7 Å². The molecule has 0 fully saturated rings. The zero-order valence-corrected chi connectivity index (χ0v) is 12.0. The largest absolute Gasteiger partial charge is 0.493 e. The molecule has 20 heavy (non-hydrogen) atoms. The molecule has 0 aliphatic carbocycles. The van der Waals surface area contributed by atoms with Crippen molar-refractivity contribution in [1.29, 1.82) is 0 Å². The standard InChI is InChI=1S/C15H22O5/c1-3-5-13(15(17)18)20-14-9-12(19-8-4-2)7-6-11(14)10-16/h6-7,9,13,16H,3-5,8,10H2,1-2H3,(H,17,18).